The van der Waals surface area contributed by atoms with Crippen molar-refractivity contribution in [1.82, 2.24) is 9.21 Å². The first kappa shape index (κ1) is 23.4. The third kappa shape index (κ3) is 5.10. The number of sulfonamides is 1. The van der Waals surface area contributed by atoms with Gasteiger partial charge in [-0.2, -0.15) is 4.31 Å². The minimum absolute atomic E-state index is 0.187. The van der Waals surface area contributed by atoms with Crippen LogP contribution >= 0.6 is 0 Å². The zero-order chi connectivity index (χ0) is 23.6. The van der Waals surface area contributed by atoms with Crippen molar-refractivity contribution in [2.45, 2.75) is 43.5 Å². The largest absolute Gasteiger partial charge is 0.366 e. The lowest BCUT2D eigenvalue weighted by Gasteiger charge is -2.36. The first-order valence-corrected chi connectivity index (χ1v) is 12.8. The standard InChI is InChI=1S/C24H30N4O4S/c1-17(24(30)26-21-9-6-19(7-10-21)23(25)29)27-12-14-28(15-13-27)33(31,32)22-11-8-18-4-2-3-5-20(18)16-22/h6-11,16-17H,2-5,12-15H2,1H3,(H2,25,29)(H,26,30). The minimum atomic E-state index is -3.56. The average molecular weight is 471 g/mol. The van der Waals surface area contributed by atoms with E-state index >= 15 is 0 Å². The number of aryl methyl sites for hydroxylation is 2. The van der Waals surface area contributed by atoms with E-state index < -0.39 is 22.0 Å². The molecule has 0 saturated carbocycles. The molecule has 1 saturated heterocycles. The Morgan fingerprint density at radius 2 is 1.58 bits per heavy atom. The van der Waals surface area contributed by atoms with E-state index in [-0.39, 0.29) is 5.91 Å². The maximum atomic E-state index is 13.2. The molecule has 2 aliphatic rings. The van der Waals surface area contributed by atoms with Crippen LogP contribution in [0.15, 0.2) is 47.4 Å². The molecule has 2 amide bonds. The molecule has 33 heavy (non-hydrogen) atoms. The van der Waals surface area contributed by atoms with Crippen molar-refractivity contribution in [3.8, 4) is 0 Å². The SMILES string of the molecule is CC(C(=O)Nc1ccc(C(N)=O)cc1)N1CCN(S(=O)(=O)c2ccc3c(c2)CCCC3)CC1. The number of rotatable bonds is 6. The number of nitrogens with zero attached hydrogens (tertiary/aromatic N) is 2. The van der Waals surface area contributed by atoms with E-state index in [1.54, 1.807) is 37.3 Å². The summed E-state index contributed by atoms with van der Waals surface area (Å²) in [5.41, 5.74) is 8.59. The zero-order valence-electron chi connectivity index (χ0n) is 18.8. The summed E-state index contributed by atoms with van der Waals surface area (Å²) in [5.74, 6) is -0.711. The lowest BCUT2D eigenvalue weighted by Crippen LogP contribution is -2.53. The maximum Gasteiger partial charge on any atom is 0.248 e. The van der Waals surface area contributed by atoms with Gasteiger partial charge in [0.15, 0.2) is 0 Å². The second kappa shape index (κ2) is 9.62. The van der Waals surface area contributed by atoms with Crippen molar-refractivity contribution in [1.29, 1.82) is 0 Å². The van der Waals surface area contributed by atoms with Crippen LogP contribution in [-0.4, -0.2) is 61.7 Å². The second-order valence-corrected chi connectivity index (χ2v) is 10.6. The molecule has 4 rings (SSSR count). The fourth-order valence-electron chi connectivity index (χ4n) is 4.48. The Morgan fingerprint density at radius 3 is 2.21 bits per heavy atom. The molecule has 0 bridgehead atoms. The molecule has 2 aromatic carbocycles. The van der Waals surface area contributed by atoms with E-state index in [2.05, 4.69) is 5.32 Å². The van der Waals surface area contributed by atoms with Crippen molar-refractivity contribution in [2.24, 2.45) is 5.73 Å². The Morgan fingerprint density at radius 1 is 0.939 bits per heavy atom. The van der Waals surface area contributed by atoms with Crippen LogP contribution < -0.4 is 11.1 Å². The van der Waals surface area contributed by atoms with E-state index in [0.717, 1.165) is 31.2 Å². The quantitative estimate of drug-likeness (QED) is 0.671. The molecule has 1 heterocycles. The van der Waals surface area contributed by atoms with Gasteiger partial charge in [0.2, 0.25) is 21.8 Å². The van der Waals surface area contributed by atoms with E-state index in [1.165, 1.54) is 9.87 Å². The van der Waals surface area contributed by atoms with Crippen LogP contribution in [0.3, 0.4) is 0 Å². The molecule has 9 heteroatoms. The average Bonchev–Trinajstić information content (AvgIpc) is 2.83. The molecule has 2 aromatic rings. The molecular formula is C24H30N4O4S. The van der Waals surface area contributed by atoms with Gasteiger partial charge < -0.3 is 11.1 Å². The molecule has 0 aromatic heterocycles. The normalized spacial score (nSPS) is 18.3. The van der Waals surface area contributed by atoms with Crippen molar-refractivity contribution in [2.75, 3.05) is 31.5 Å². The number of hydrogen-bond acceptors (Lipinski definition) is 5. The minimum Gasteiger partial charge on any atom is -0.366 e. The first-order chi connectivity index (χ1) is 15.8. The molecule has 1 aliphatic heterocycles. The smallest absolute Gasteiger partial charge is 0.248 e. The highest BCUT2D eigenvalue weighted by Crippen LogP contribution is 2.26. The second-order valence-electron chi connectivity index (χ2n) is 8.68. The van der Waals surface area contributed by atoms with Crippen molar-refractivity contribution in [3.63, 3.8) is 0 Å². The van der Waals surface area contributed by atoms with Crippen LogP contribution in [0.2, 0.25) is 0 Å². The Hall–Kier alpha value is -2.75. The Labute approximate surface area is 194 Å². The van der Waals surface area contributed by atoms with Crippen LogP contribution in [0, 0.1) is 0 Å². The number of carbonyl (C=O) groups is 2. The molecule has 1 atom stereocenters. The van der Waals surface area contributed by atoms with E-state index in [9.17, 15) is 18.0 Å². The molecule has 1 unspecified atom stereocenters. The lowest BCUT2D eigenvalue weighted by molar-refractivity contribution is -0.121. The van der Waals surface area contributed by atoms with E-state index in [0.29, 0.717) is 42.3 Å². The highest BCUT2D eigenvalue weighted by molar-refractivity contribution is 7.89. The predicted molar refractivity (Wildman–Crippen MR) is 126 cm³/mol. The number of amides is 2. The fraction of sp³-hybridized carbons (Fsp3) is 0.417. The summed E-state index contributed by atoms with van der Waals surface area (Å²) in [6, 6.07) is 11.5. The number of fused-ring (bicyclic) bond motifs is 1. The van der Waals surface area contributed by atoms with Gasteiger partial charge in [-0.15, -0.1) is 0 Å². The summed E-state index contributed by atoms with van der Waals surface area (Å²) in [4.78, 5) is 26.2. The number of carbonyl (C=O) groups excluding carboxylic acids is 2. The summed E-state index contributed by atoms with van der Waals surface area (Å²) in [6.07, 6.45) is 4.21. The highest BCUT2D eigenvalue weighted by atomic mass is 32.2. The number of primary amides is 1. The van der Waals surface area contributed by atoms with Gasteiger partial charge in [-0.25, -0.2) is 8.42 Å². The van der Waals surface area contributed by atoms with Crippen LogP contribution in [0.1, 0.15) is 41.3 Å². The number of nitrogens with one attached hydrogen (secondary N) is 1. The van der Waals surface area contributed by atoms with Crippen LogP contribution in [-0.2, 0) is 27.7 Å². The number of anilines is 1. The lowest BCUT2D eigenvalue weighted by atomic mass is 9.92. The molecule has 1 aliphatic carbocycles. The molecular weight excluding hydrogens is 440 g/mol. The molecule has 1 fully saturated rings. The summed E-state index contributed by atoms with van der Waals surface area (Å²) in [5, 5.41) is 2.84. The number of nitrogens with two attached hydrogens (primary N) is 1. The van der Waals surface area contributed by atoms with Crippen LogP contribution in [0.25, 0.3) is 0 Å². The molecule has 3 N–H and O–H groups in total. The van der Waals surface area contributed by atoms with Crippen LogP contribution in [0.5, 0.6) is 0 Å². The summed E-state index contributed by atoms with van der Waals surface area (Å²) in [7, 11) is -3.56. The third-order valence-electron chi connectivity index (χ3n) is 6.60. The van der Waals surface area contributed by atoms with Gasteiger partial charge in [-0.05, 0) is 80.1 Å². The third-order valence-corrected chi connectivity index (χ3v) is 8.49. The number of benzene rings is 2. The zero-order valence-corrected chi connectivity index (χ0v) is 19.6. The molecule has 8 nitrogen and oxygen atoms in total. The summed E-state index contributed by atoms with van der Waals surface area (Å²) >= 11 is 0. The predicted octanol–water partition coefficient (Wildman–Crippen LogP) is 2.00. The Bertz CT molecular complexity index is 1140. The van der Waals surface area contributed by atoms with E-state index in [1.807, 2.05) is 17.0 Å². The maximum absolute atomic E-state index is 13.2. The fourth-order valence-corrected chi connectivity index (χ4v) is 5.95. The monoisotopic (exact) mass is 470 g/mol. The van der Waals surface area contributed by atoms with Gasteiger partial charge in [-0.1, -0.05) is 6.07 Å². The van der Waals surface area contributed by atoms with Gasteiger partial charge in [0.25, 0.3) is 0 Å². The Balaban J connectivity index is 1.35. The van der Waals surface area contributed by atoms with Crippen molar-refractivity contribution in [3.05, 3.63) is 59.2 Å². The van der Waals surface area contributed by atoms with Crippen molar-refractivity contribution >= 4 is 27.5 Å². The van der Waals surface area contributed by atoms with Crippen molar-refractivity contribution < 1.29 is 18.0 Å². The number of hydrogen-bond donors (Lipinski definition) is 2. The van der Waals surface area contributed by atoms with Gasteiger partial charge >= 0.3 is 0 Å². The van der Waals surface area contributed by atoms with Gasteiger partial charge in [0.05, 0.1) is 10.9 Å². The molecule has 0 spiro atoms. The summed E-state index contributed by atoms with van der Waals surface area (Å²) in [6.45, 7) is 3.42. The molecule has 176 valence electrons. The van der Waals surface area contributed by atoms with Gasteiger partial charge in [-0.3, -0.25) is 14.5 Å². The van der Waals surface area contributed by atoms with E-state index in [4.69, 9.17) is 5.73 Å². The Kier molecular flexibility index (Phi) is 6.83. The first-order valence-electron chi connectivity index (χ1n) is 11.3. The van der Waals surface area contributed by atoms with Gasteiger partial charge in [0, 0.05) is 37.4 Å². The van der Waals surface area contributed by atoms with Gasteiger partial charge in [0.1, 0.15) is 0 Å². The number of piperazine rings is 1. The van der Waals surface area contributed by atoms with Crippen LogP contribution in [0.4, 0.5) is 5.69 Å². The highest BCUT2D eigenvalue weighted by Gasteiger charge is 2.32. The topological polar surface area (TPSA) is 113 Å². The summed E-state index contributed by atoms with van der Waals surface area (Å²) < 4.78 is 27.9. The molecule has 0 radical (unpaired) electrons.